The maximum atomic E-state index is 11.8. The zero-order chi connectivity index (χ0) is 17.4. The van der Waals surface area contributed by atoms with E-state index in [-0.39, 0.29) is 5.91 Å². The van der Waals surface area contributed by atoms with Crippen molar-refractivity contribution in [2.24, 2.45) is 0 Å². The van der Waals surface area contributed by atoms with E-state index in [1.807, 2.05) is 48.5 Å². The number of rotatable bonds is 2. The van der Waals surface area contributed by atoms with Gasteiger partial charge >= 0.3 is 0 Å². The van der Waals surface area contributed by atoms with E-state index in [0.717, 1.165) is 27.6 Å². The van der Waals surface area contributed by atoms with Crippen molar-refractivity contribution >= 4 is 56.9 Å². The molecule has 1 fully saturated rings. The Kier molecular flexibility index (Phi) is 3.99. The number of pyridine rings is 1. The number of nitrogens with one attached hydrogen (secondary N) is 1. The Morgan fingerprint density at radius 1 is 1.12 bits per heavy atom. The molecule has 1 aliphatic heterocycles. The molecule has 4 nitrogen and oxygen atoms in total. The molecule has 2 aromatic carbocycles. The van der Waals surface area contributed by atoms with E-state index in [4.69, 9.17) is 18.0 Å². The molecule has 0 bridgehead atoms. The smallest absolute Gasteiger partial charge is 0.263 e. The summed E-state index contributed by atoms with van der Waals surface area (Å²) in [6.07, 6.45) is 3.55. The largest absolute Gasteiger partial charge is 0.398 e. The molecule has 0 unspecified atom stereocenters. The SMILES string of the molecule is Nc1ccnc2ccc(-c3cccc(/C=C4\SC(=S)NC4=O)c3)cc12. The van der Waals surface area contributed by atoms with Gasteiger partial charge in [-0.25, -0.2) is 0 Å². The topological polar surface area (TPSA) is 68.0 Å². The number of nitrogen functional groups attached to an aromatic ring is 1. The number of hydrogen-bond donors (Lipinski definition) is 2. The minimum atomic E-state index is -0.148. The standard InChI is InChI=1S/C19H13N3OS2/c20-15-6-7-21-16-5-4-13(10-14(15)16)12-3-1-2-11(8-12)9-17-18(23)22-19(24)25-17/h1-10H,(H2,20,21)(H,22,23,24)/b17-9-. The molecule has 0 spiro atoms. The minimum absolute atomic E-state index is 0.148. The fourth-order valence-corrected chi connectivity index (χ4v) is 3.77. The summed E-state index contributed by atoms with van der Waals surface area (Å²) < 4.78 is 0.491. The molecule has 1 saturated heterocycles. The lowest BCUT2D eigenvalue weighted by atomic mass is 10.0. The van der Waals surface area contributed by atoms with Gasteiger partial charge < -0.3 is 11.1 Å². The second kappa shape index (κ2) is 6.31. The quantitative estimate of drug-likeness (QED) is 0.533. The Bertz CT molecular complexity index is 1060. The second-order valence-corrected chi connectivity index (χ2v) is 7.33. The maximum Gasteiger partial charge on any atom is 0.263 e. The highest BCUT2D eigenvalue weighted by Gasteiger charge is 2.21. The lowest BCUT2D eigenvalue weighted by Crippen LogP contribution is -2.17. The first-order chi connectivity index (χ1) is 12.1. The lowest BCUT2D eigenvalue weighted by Gasteiger charge is -2.07. The molecule has 25 heavy (non-hydrogen) atoms. The highest BCUT2D eigenvalue weighted by molar-refractivity contribution is 8.26. The van der Waals surface area contributed by atoms with Gasteiger partial charge in [0.1, 0.15) is 4.32 Å². The van der Waals surface area contributed by atoms with Crippen LogP contribution in [0, 0.1) is 0 Å². The first kappa shape index (κ1) is 15.8. The second-order valence-electron chi connectivity index (χ2n) is 5.61. The van der Waals surface area contributed by atoms with Crippen molar-refractivity contribution in [1.82, 2.24) is 10.3 Å². The van der Waals surface area contributed by atoms with Crippen molar-refractivity contribution in [3.8, 4) is 11.1 Å². The Morgan fingerprint density at radius 2 is 1.96 bits per heavy atom. The molecule has 0 radical (unpaired) electrons. The van der Waals surface area contributed by atoms with E-state index in [1.54, 1.807) is 12.3 Å². The Hall–Kier alpha value is -2.70. The normalized spacial score (nSPS) is 15.8. The number of anilines is 1. The first-order valence-corrected chi connectivity index (χ1v) is 8.82. The van der Waals surface area contributed by atoms with Crippen LogP contribution in [0.3, 0.4) is 0 Å². The van der Waals surface area contributed by atoms with E-state index in [1.165, 1.54) is 11.8 Å². The fourth-order valence-electron chi connectivity index (χ4n) is 2.73. The number of aromatic nitrogens is 1. The summed E-state index contributed by atoms with van der Waals surface area (Å²) in [7, 11) is 0. The summed E-state index contributed by atoms with van der Waals surface area (Å²) in [5.41, 5.74) is 10.7. The number of fused-ring (bicyclic) bond motifs is 1. The summed E-state index contributed by atoms with van der Waals surface area (Å²) in [4.78, 5) is 16.8. The molecule has 4 rings (SSSR count). The molecule has 1 aromatic heterocycles. The third-order valence-corrected chi connectivity index (χ3v) is 5.10. The van der Waals surface area contributed by atoms with Gasteiger partial charge in [0.15, 0.2) is 0 Å². The third-order valence-electron chi connectivity index (χ3n) is 3.94. The average molecular weight is 363 g/mol. The average Bonchev–Trinajstić information content (AvgIpc) is 2.92. The predicted molar refractivity (Wildman–Crippen MR) is 108 cm³/mol. The monoisotopic (exact) mass is 363 g/mol. The van der Waals surface area contributed by atoms with Gasteiger partial charge in [-0.3, -0.25) is 9.78 Å². The van der Waals surface area contributed by atoms with Gasteiger partial charge in [-0.2, -0.15) is 0 Å². The van der Waals surface area contributed by atoms with Crippen LogP contribution >= 0.6 is 24.0 Å². The van der Waals surface area contributed by atoms with Crippen LogP contribution in [0.1, 0.15) is 5.56 Å². The number of carbonyl (C=O) groups excluding carboxylic acids is 1. The molecule has 3 aromatic rings. The van der Waals surface area contributed by atoms with Gasteiger partial charge in [0, 0.05) is 17.3 Å². The molecule has 6 heteroatoms. The summed E-state index contributed by atoms with van der Waals surface area (Å²) in [6.45, 7) is 0. The number of hydrogen-bond acceptors (Lipinski definition) is 5. The zero-order valence-electron chi connectivity index (χ0n) is 13.0. The van der Waals surface area contributed by atoms with Crippen molar-refractivity contribution in [2.75, 3.05) is 5.73 Å². The van der Waals surface area contributed by atoms with Crippen LogP contribution in [-0.4, -0.2) is 15.2 Å². The zero-order valence-corrected chi connectivity index (χ0v) is 14.7. The number of nitrogens with zero attached hydrogens (tertiary/aromatic N) is 1. The third kappa shape index (κ3) is 3.14. The van der Waals surface area contributed by atoms with Crippen LogP contribution in [0.2, 0.25) is 0 Å². The van der Waals surface area contributed by atoms with Crippen molar-refractivity contribution in [3.05, 3.63) is 65.2 Å². The molecular formula is C19H13N3OS2. The van der Waals surface area contributed by atoms with Gasteiger partial charge in [-0.15, -0.1) is 0 Å². The van der Waals surface area contributed by atoms with E-state index in [0.29, 0.717) is 14.9 Å². The number of amides is 1. The van der Waals surface area contributed by atoms with Crippen molar-refractivity contribution < 1.29 is 4.79 Å². The lowest BCUT2D eigenvalue weighted by molar-refractivity contribution is -0.115. The predicted octanol–water partition coefficient (Wildman–Crippen LogP) is 3.97. The van der Waals surface area contributed by atoms with E-state index in [2.05, 4.69) is 10.3 Å². The van der Waals surface area contributed by atoms with E-state index >= 15 is 0 Å². The molecule has 0 atom stereocenters. The Balaban J connectivity index is 1.75. The van der Waals surface area contributed by atoms with Crippen molar-refractivity contribution in [2.45, 2.75) is 0 Å². The molecule has 1 aliphatic rings. The van der Waals surface area contributed by atoms with Crippen molar-refractivity contribution in [1.29, 1.82) is 0 Å². The van der Waals surface area contributed by atoms with Crippen LogP contribution in [0.15, 0.2) is 59.6 Å². The number of thiocarbonyl (C=S) groups is 1. The van der Waals surface area contributed by atoms with Crippen LogP contribution in [0.25, 0.3) is 28.1 Å². The first-order valence-electron chi connectivity index (χ1n) is 7.60. The van der Waals surface area contributed by atoms with E-state index < -0.39 is 0 Å². The molecule has 1 amide bonds. The molecule has 3 N–H and O–H groups in total. The van der Waals surface area contributed by atoms with Crippen LogP contribution in [0.4, 0.5) is 5.69 Å². The highest BCUT2D eigenvalue weighted by Crippen LogP contribution is 2.29. The number of carbonyl (C=O) groups is 1. The maximum absolute atomic E-state index is 11.8. The van der Waals surface area contributed by atoms with Crippen LogP contribution in [0.5, 0.6) is 0 Å². The van der Waals surface area contributed by atoms with Gasteiger partial charge in [0.05, 0.1) is 10.4 Å². The molecule has 0 aliphatic carbocycles. The van der Waals surface area contributed by atoms with Gasteiger partial charge in [0.2, 0.25) is 0 Å². The summed E-state index contributed by atoms with van der Waals surface area (Å²) >= 11 is 6.30. The van der Waals surface area contributed by atoms with Crippen molar-refractivity contribution in [3.63, 3.8) is 0 Å². The molecule has 0 saturated carbocycles. The van der Waals surface area contributed by atoms with Crippen LogP contribution in [-0.2, 0) is 4.79 Å². The number of thioether (sulfide) groups is 1. The fraction of sp³-hybridized carbons (Fsp3) is 0. The van der Waals surface area contributed by atoms with Gasteiger partial charge in [-0.05, 0) is 47.0 Å². The summed E-state index contributed by atoms with van der Waals surface area (Å²) in [5.74, 6) is -0.148. The Morgan fingerprint density at radius 3 is 2.76 bits per heavy atom. The molecule has 122 valence electrons. The summed E-state index contributed by atoms with van der Waals surface area (Å²) in [5, 5.41) is 3.56. The van der Waals surface area contributed by atoms with Gasteiger partial charge in [0.25, 0.3) is 5.91 Å². The summed E-state index contributed by atoms with van der Waals surface area (Å²) in [6, 6.07) is 15.8. The van der Waals surface area contributed by atoms with E-state index in [9.17, 15) is 4.79 Å². The number of nitrogens with two attached hydrogens (primary N) is 1. The highest BCUT2D eigenvalue weighted by atomic mass is 32.2. The van der Waals surface area contributed by atoms with Crippen LogP contribution < -0.4 is 11.1 Å². The Labute approximate surface area is 154 Å². The minimum Gasteiger partial charge on any atom is -0.398 e. The molecular weight excluding hydrogens is 350 g/mol. The molecule has 2 heterocycles. The number of benzene rings is 2. The van der Waals surface area contributed by atoms with Gasteiger partial charge in [-0.1, -0.05) is 48.2 Å².